The summed E-state index contributed by atoms with van der Waals surface area (Å²) in [6.07, 6.45) is 69.5. The minimum Gasteiger partial charge on any atom is -0.462 e. The number of aliphatic hydroxyl groups excluding tert-OH is 1. The van der Waals surface area contributed by atoms with Gasteiger partial charge in [-0.25, -0.2) is 9.13 Å². The van der Waals surface area contributed by atoms with E-state index in [0.717, 1.165) is 102 Å². The number of aliphatic hydroxyl groups is 1. The molecule has 5 atom stereocenters. The number of hydrogen-bond acceptors (Lipinski definition) is 15. The number of rotatable bonds is 85. The molecule has 0 aromatic heterocycles. The van der Waals surface area contributed by atoms with Gasteiger partial charge in [0.15, 0.2) is 12.2 Å². The van der Waals surface area contributed by atoms with Crippen LogP contribution < -0.4 is 0 Å². The summed E-state index contributed by atoms with van der Waals surface area (Å²) in [7, 11) is -9.93. The third-order valence-electron chi connectivity index (χ3n) is 20.2. The van der Waals surface area contributed by atoms with Crippen LogP contribution in [0.25, 0.3) is 0 Å². The number of phosphoric acid groups is 2. The van der Waals surface area contributed by atoms with Gasteiger partial charge >= 0.3 is 39.5 Å². The molecular formula is C86H168O17P2. The normalized spacial score (nSPS) is 13.8. The largest absolute Gasteiger partial charge is 0.472 e. The zero-order chi connectivity index (χ0) is 77.1. The van der Waals surface area contributed by atoms with Crippen molar-refractivity contribution in [2.75, 3.05) is 39.6 Å². The summed E-state index contributed by atoms with van der Waals surface area (Å²) in [6.45, 7) is 9.65. The zero-order valence-electron chi connectivity index (χ0n) is 69.0. The average Bonchev–Trinajstić information content (AvgIpc) is 0.918. The SMILES string of the molecule is CCCCCCCCCCCCCCCCCCCCCCC(=O)O[C@H](COC(=O)CCCCCCCCCCCCCCCCCCCCC)COP(=O)(O)OC[C@@H](O)COP(=O)(O)OC[C@@H](COC(=O)CCCCCCCCCCCCC(C)C)OC(=O)CCCCCCCCCCCCC(C)C. The van der Waals surface area contributed by atoms with E-state index in [4.69, 9.17) is 37.0 Å². The van der Waals surface area contributed by atoms with Gasteiger partial charge in [0.25, 0.3) is 0 Å². The Bertz CT molecular complexity index is 2010. The van der Waals surface area contributed by atoms with Gasteiger partial charge in [-0.15, -0.1) is 0 Å². The van der Waals surface area contributed by atoms with Gasteiger partial charge in [-0.3, -0.25) is 37.3 Å². The minimum atomic E-state index is -4.97. The molecular weight excluding hydrogens is 1370 g/mol. The first-order valence-corrected chi connectivity index (χ1v) is 47.5. The number of carbonyl (C=O) groups is 4. The Morgan fingerprint density at radius 1 is 0.257 bits per heavy atom. The van der Waals surface area contributed by atoms with E-state index in [1.54, 1.807) is 0 Å². The highest BCUT2D eigenvalue weighted by Gasteiger charge is 2.30. The van der Waals surface area contributed by atoms with Crippen LogP contribution in [0.2, 0.25) is 0 Å². The predicted molar refractivity (Wildman–Crippen MR) is 432 cm³/mol. The van der Waals surface area contributed by atoms with Crippen molar-refractivity contribution >= 4 is 39.5 Å². The molecule has 19 heteroatoms. The second-order valence-corrected chi connectivity index (χ2v) is 34.8. The maximum atomic E-state index is 13.2. The molecule has 3 N–H and O–H groups in total. The molecule has 0 aromatic rings. The van der Waals surface area contributed by atoms with E-state index < -0.39 is 97.5 Å². The van der Waals surface area contributed by atoms with Crippen molar-refractivity contribution in [2.24, 2.45) is 11.8 Å². The Morgan fingerprint density at radius 3 is 0.648 bits per heavy atom. The number of unbranched alkanes of at least 4 members (excludes halogenated alkanes) is 55. The van der Waals surface area contributed by atoms with Gasteiger partial charge in [0, 0.05) is 25.7 Å². The molecule has 0 aliphatic rings. The van der Waals surface area contributed by atoms with Gasteiger partial charge in [-0.05, 0) is 37.5 Å². The molecule has 0 aromatic carbocycles. The fourth-order valence-electron chi connectivity index (χ4n) is 13.4. The zero-order valence-corrected chi connectivity index (χ0v) is 70.8. The molecule has 0 bridgehead atoms. The first kappa shape index (κ1) is 103. The molecule has 2 unspecified atom stereocenters. The summed E-state index contributed by atoms with van der Waals surface area (Å²) >= 11 is 0. The van der Waals surface area contributed by atoms with Crippen LogP contribution in [0.15, 0.2) is 0 Å². The van der Waals surface area contributed by atoms with E-state index in [1.165, 1.54) is 276 Å². The summed E-state index contributed by atoms with van der Waals surface area (Å²) in [5, 5.41) is 10.7. The predicted octanol–water partition coefficient (Wildman–Crippen LogP) is 26.2. The van der Waals surface area contributed by atoms with E-state index in [0.29, 0.717) is 25.7 Å². The van der Waals surface area contributed by atoms with E-state index in [9.17, 15) is 43.2 Å². The Labute approximate surface area is 645 Å². The van der Waals surface area contributed by atoms with Crippen LogP contribution in [-0.4, -0.2) is 96.7 Å². The fourth-order valence-corrected chi connectivity index (χ4v) is 15.0. The van der Waals surface area contributed by atoms with Crippen LogP contribution in [0, 0.1) is 11.8 Å². The van der Waals surface area contributed by atoms with Crippen molar-refractivity contribution in [2.45, 2.75) is 477 Å². The van der Waals surface area contributed by atoms with Gasteiger partial charge < -0.3 is 33.8 Å². The summed E-state index contributed by atoms with van der Waals surface area (Å²) < 4.78 is 68.9. The Hall–Kier alpha value is -1.94. The van der Waals surface area contributed by atoms with Crippen LogP contribution in [0.3, 0.4) is 0 Å². The highest BCUT2D eigenvalue weighted by Crippen LogP contribution is 2.45. The molecule has 0 aliphatic heterocycles. The second kappa shape index (κ2) is 77.4. The van der Waals surface area contributed by atoms with Crippen LogP contribution in [-0.2, 0) is 65.4 Å². The molecule has 105 heavy (non-hydrogen) atoms. The highest BCUT2D eigenvalue weighted by molar-refractivity contribution is 7.47. The van der Waals surface area contributed by atoms with E-state index >= 15 is 0 Å². The lowest BCUT2D eigenvalue weighted by atomic mass is 10.0. The van der Waals surface area contributed by atoms with Crippen molar-refractivity contribution in [3.8, 4) is 0 Å². The number of ether oxygens (including phenoxy) is 4. The summed E-state index contributed by atoms with van der Waals surface area (Å²) in [5.74, 6) is -0.592. The lowest BCUT2D eigenvalue weighted by Crippen LogP contribution is -2.30. The number of esters is 4. The molecule has 0 radical (unpaired) electrons. The maximum Gasteiger partial charge on any atom is 0.472 e. The van der Waals surface area contributed by atoms with Gasteiger partial charge in [0.1, 0.15) is 19.3 Å². The van der Waals surface area contributed by atoms with E-state index in [1.807, 2.05) is 0 Å². The third kappa shape index (κ3) is 79.9. The Kier molecular flexibility index (Phi) is 76.0. The molecule has 0 fully saturated rings. The highest BCUT2D eigenvalue weighted by atomic mass is 31.2. The van der Waals surface area contributed by atoms with Gasteiger partial charge in [0.05, 0.1) is 26.4 Å². The van der Waals surface area contributed by atoms with Gasteiger partial charge in [-0.1, -0.05) is 408 Å². The lowest BCUT2D eigenvalue weighted by molar-refractivity contribution is -0.161. The Balaban J connectivity index is 5.24. The molecule has 0 saturated heterocycles. The van der Waals surface area contributed by atoms with Crippen molar-refractivity contribution in [3.05, 3.63) is 0 Å². The third-order valence-corrected chi connectivity index (χ3v) is 22.1. The smallest absolute Gasteiger partial charge is 0.462 e. The summed E-state index contributed by atoms with van der Waals surface area (Å²) in [6, 6.07) is 0. The maximum absolute atomic E-state index is 13.2. The molecule has 0 spiro atoms. The van der Waals surface area contributed by atoms with Crippen molar-refractivity contribution in [3.63, 3.8) is 0 Å². The lowest BCUT2D eigenvalue weighted by Gasteiger charge is -2.21. The van der Waals surface area contributed by atoms with Gasteiger partial charge in [0.2, 0.25) is 0 Å². The van der Waals surface area contributed by atoms with Crippen LogP contribution >= 0.6 is 15.6 Å². The summed E-state index contributed by atoms with van der Waals surface area (Å²) in [4.78, 5) is 73.2. The Morgan fingerprint density at radius 2 is 0.438 bits per heavy atom. The van der Waals surface area contributed by atoms with Crippen molar-refractivity contribution in [1.82, 2.24) is 0 Å². The fraction of sp³-hybridized carbons (Fsp3) is 0.953. The molecule has 0 rings (SSSR count). The first-order chi connectivity index (χ1) is 50.9. The van der Waals surface area contributed by atoms with Gasteiger partial charge in [-0.2, -0.15) is 0 Å². The standard InChI is InChI=1S/C86H168O17P2/c1-7-9-11-13-15-17-19-21-23-25-27-29-31-33-35-37-46-52-58-64-70-85(90)102-81(74-96-83(88)68-62-56-50-44-36-34-32-30-28-26-24-22-20-18-16-14-12-10-8-2)76-100-104(92,93)98-72-80(87)73-99-105(94,95)101-77-82(103-86(91)71-65-59-53-47-41-39-43-49-55-61-67-79(5)6)75-97-84(89)69-63-57-51-45-40-38-42-48-54-60-66-78(3)4/h78-82,87H,7-77H2,1-6H3,(H,92,93)(H,94,95)/t80-,81-,82-/m1/s1. The minimum absolute atomic E-state index is 0.106. The number of hydrogen-bond donors (Lipinski definition) is 3. The molecule has 624 valence electrons. The second-order valence-electron chi connectivity index (χ2n) is 31.9. The van der Waals surface area contributed by atoms with Crippen LogP contribution in [0.4, 0.5) is 0 Å². The molecule has 0 heterocycles. The summed E-state index contributed by atoms with van der Waals surface area (Å²) in [5.41, 5.74) is 0. The molecule has 0 amide bonds. The average molecular weight is 1540 g/mol. The van der Waals surface area contributed by atoms with Crippen molar-refractivity contribution in [1.29, 1.82) is 0 Å². The van der Waals surface area contributed by atoms with Crippen LogP contribution in [0.1, 0.15) is 459 Å². The molecule has 0 aliphatic carbocycles. The number of phosphoric ester groups is 2. The van der Waals surface area contributed by atoms with Crippen molar-refractivity contribution < 1.29 is 80.2 Å². The van der Waals surface area contributed by atoms with E-state index in [2.05, 4.69) is 41.5 Å². The number of carbonyl (C=O) groups excluding carboxylic acids is 4. The molecule has 17 nitrogen and oxygen atoms in total. The molecule has 0 saturated carbocycles. The first-order valence-electron chi connectivity index (χ1n) is 44.5. The monoisotopic (exact) mass is 1540 g/mol. The quantitative estimate of drug-likeness (QED) is 0.0222. The van der Waals surface area contributed by atoms with E-state index in [-0.39, 0.29) is 25.7 Å². The van der Waals surface area contributed by atoms with Crippen LogP contribution in [0.5, 0.6) is 0 Å². The topological polar surface area (TPSA) is 237 Å².